The lowest BCUT2D eigenvalue weighted by atomic mass is 10.0. The summed E-state index contributed by atoms with van der Waals surface area (Å²) in [6, 6.07) is 6.06. The zero-order valence-corrected chi connectivity index (χ0v) is 9.23. The van der Waals surface area contributed by atoms with Crippen molar-refractivity contribution in [2.75, 3.05) is 7.05 Å². The highest BCUT2D eigenvalue weighted by Crippen LogP contribution is 2.19. The fraction of sp³-hybridized carbons (Fsp3) is 0.167. The van der Waals surface area contributed by atoms with Crippen molar-refractivity contribution in [1.29, 1.82) is 0 Å². The number of aliphatic carboxylic acids is 1. The molecule has 17 heavy (non-hydrogen) atoms. The van der Waals surface area contributed by atoms with Crippen LogP contribution in [0.3, 0.4) is 0 Å². The molecule has 1 aromatic carbocycles. The van der Waals surface area contributed by atoms with E-state index >= 15 is 0 Å². The molecule has 0 aliphatic carbocycles. The third kappa shape index (κ3) is 1.92. The average Bonchev–Trinajstić information content (AvgIpc) is 2.72. The molecule has 0 bridgehead atoms. The Hall–Kier alpha value is -2.14. The number of carboxylic acids is 1. The van der Waals surface area contributed by atoms with E-state index in [1.165, 1.54) is 7.05 Å². The number of fused-ring (bicyclic) bond motifs is 1. The Labute approximate surface area is 97.4 Å². The van der Waals surface area contributed by atoms with Gasteiger partial charge in [-0.25, -0.2) is 0 Å². The number of rotatable bonds is 4. The molecular weight excluding hydrogens is 220 g/mol. The Morgan fingerprint density at radius 3 is 2.71 bits per heavy atom. The topological polar surface area (TPSA) is 82.2 Å². The molecule has 2 aromatic rings. The highest BCUT2D eigenvalue weighted by Gasteiger charge is 2.27. The van der Waals surface area contributed by atoms with Crippen LogP contribution in [-0.2, 0) is 4.79 Å². The van der Waals surface area contributed by atoms with Crippen LogP contribution in [0.1, 0.15) is 10.4 Å². The summed E-state index contributed by atoms with van der Waals surface area (Å²) in [4.78, 5) is 25.9. The molecule has 0 saturated heterocycles. The highest BCUT2D eigenvalue weighted by atomic mass is 16.4. The Morgan fingerprint density at radius 1 is 1.35 bits per heavy atom. The van der Waals surface area contributed by atoms with Crippen molar-refractivity contribution in [2.45, 2.75) is 6.04 Å². The number of hydrogen-bond donors (Lipinski definition) is 3. The van der Waals surface area contributed by atoms with Crippen molar-refractivity contribution in [3.63, 3.8) is 0 Å². The first kappa shape index (κ1) is 11.3. The van der Waals surface area contributed by atoms with Gasteiger partial charge in [-0.2, -0.15) is 0 Å². The van der Waals surface area contributed by atoms with Crippen molar-refractivity contribution in [3.8, 4) is 0 Å². The van der Waals surface area contributed by atoms with Gasteiger partial charge in [-0.15, -0.1) is 0 Å². The van der Waals surface area contributed by atoms with Gasteiger partial charge in [-0.1, -0.05) is 18.2 Å². The molecule has 1 unspecified atom stereocenters. The average molecular weight is 232 g/mol. The molecule has 0 saturated carbocycles. The van der Waals surface area contributed by atoms with Gasteiger partial charge < -0.3 is 15.4 Å². The molecule has 1 heterocycles. The Balaban J connectivity index is 2.46. The number of ketones is 1. The minimum atomic E-state index is -1.21. The molecule has 0 aliphatic rings. The molecule has 1 atom stereocenters. The molecule has 88 valence electrons. The first-order valence-corrected chi connectivity index (χ1v) is 5.15. The Bertz CT molecular complexity index is 574. The number of para-hydroxylation sites is 1. The Morgan fingerprint density at radius 2 is 2.06 bits per heavy atom. The molecule has 2 rings (SSSR count). The van der Waals surface area contributed by atoms with Crippen LogP contribution < -0.4 is 5.32 Å². The maximum Gasteiger partial charge on any atom is 0.328 e. The van der Waals surface area contributed by atoms with Crippen LogP contribution in [0.4, 0.5) is 0 Å². The van der Waals surface area contributed by atoms with Gasteiger partial charge in [0.25, 0.3) is 0 Å². The molecule has 0 spiro atoms. The van der Waals surface area contributed by atoms with Crippen molar-refractivity contribution < 1.29 is 14.7 Å². The van der Waals surface area contributed by atoms with E-state index in [1.807, 2.05) is 18.2 Å². The molecule has 0 aliphatic heterocycles. The van der Waals surface area contributed by atoms with E-state index in [0.717, 1.165) is 10.9 Å². The van der Waals surface area contributed by atoms with Gasteiger partial charge in [0.05, 0.1) is 0 Å². The lowest BCUT2D eigenvalue weighted by Crippen LogP contribution is -2.41. The van der Waals surface area contributed by atoms with E-state index in [1.54, 1.807) is 12.3 Å². The molecule has 3 N–H and O–H groups in total. The number of carbonyl (C=O) groups excluding carboxylic acids is 1. The lowest BCUT2D eigenvalue weighted by molar-refractivity contribution is -0.137. The number of Topliss-reactive ketones (excluding diaryl/α,β-unsaturated/α-hetero) is 1. The number of benzene rings is 1. The largest absolute Gasteiger partial charge is 0.480 e. The minimum absolute atomic E-state index is 0.391. The number of aromatic nitrogens is 1. The molecule has 1 aromatic heterocycles. The Kier molecular flexibility index (Phi) is 2.93. The van der Waals surface area contributed by atoms with Crippen LogP contribution >= 0.6 is 0 Å². The monoisotopic (exact) mass is 232 g/mol. The van der Waals surface area contributed by atoms with Crippen LogP contribution in [0.25, 0.3) is 10.9 Å². The summed E-state index contributed by atoms with van der Waals surface area (Å²) in [5.74, 6) is -1.62. The number of aromatic amines is 1. The van der Waals surface area contributed by atoms with E-state index in [-0.39, 0.29) is 0 Å². The second kappa shape index (κ2) is 4.39. The van der Waals surface area contributed by atoms with E-state index in [9.17, 15) is 9.59 Å². The van der Waals surface area contributed by atoms with Gasteiger partial charge in [0.15, 0.2) is 11.8 Å². The molecule has 0 fully saturated rings. The SMILES string of the molecule is CNC(C(=O)O)C(=O)c1c[nH]c2ccccc12. The van der Waals surface area contributed by atoms with Crippen LogP contribution in [-0.4, -0.2) is 34.9 Å². The quantitative estimate of drug-likeness (QED) is 0.543. The molecule has 5 heteroatoms. The highest BCUT2D eigenvalue weighted by molar-refractivity contribution is 6.17. The number of H-pyrrole nitrogens is 1. The summed E-state index contributed by atoms with van der Waals surface area (Å²) in [5, 5.41) is 12.1. The van der Waals surface area contributed by atoms with Crippen molar-refractivity contribution >= 4 is 22.7 Å². The maximum atomic E-state index is 12.0. The fourth-order valence-electron chi connectivity index (χ4n) is 1.80. The molecule has 0 amide bonds. The van der Waals surface area contributed by atoms with Crippen LogP contribution in [0.2, 0.25) is 0 Å². The first-order chi connectivity index (χ1) is 8.15. The summed E-state index contributed by atoms with van der Waals surface area (Å²) in [7, 11) is 1.45. The van der Waals surface area contributed by atoms with Gasteiger partial charge in [0.1, 0.15) is 0 Å². The summed E-state index contributed by atoms with van der Waals surface area (Å²) in [6.07, 6.45) is 1.54. The van der Waals surface area contributed by atoms with Crippen molar-refractivity contribution in [2.24, 2.45) is 0 Å². The van der Waals surface area contributed by atoms with Gasteiger partial charge >= 0.3 is 5.97 Å². The van der Waals surface area contributed by atoms with E-state index in [0.29, 0.717) is 5.56 Å². The zero-order chi connectivity index (χ0) is 12.4. The van der Waals surface area contributed by atoms with Crippen LogP contribution in [0.5, 0.6) is 0 Å². The zero-order valence-electron chi connectivity index (χ0n) is 9.23. The maximum absolute atomic E-state index is 12.0. The molecule has 5 nitrogen and oxygen atoms in total. The molecular formula is C12H12N2O3. The number of hydrogen-bond acceptors (Lipinski definition) is 3. The van der Waals surface area contributed by atoms with E-state index in [2.05, 4.69) is 10.3 Å². The minimum Gasteiger partial charge on any atom is -0.480 e. The number of nitrogens with one attached hydrogen (secondary N) is 2. The van der Waals surface area contributed by atoms with Crippen molar-refractivity contribution in [3.05, 3.63) is 36.0 Å². The second-order valence-corrected chi connectivity index (χ2v) is 3.67. The summed E-state index contributed by atoms with van der Waals surface area (Å²) in [5.41, 5.74) is 1.21. The van der Waals surface area contributed by atoms with Gasteiger partial charge in [0, 0.05) is 22.7 Å². The summed E-state index contributed by atoms with van der Waals surface area (Å²) >= 11 is 0. The standard InChI is InChI=1S/C12H12N2O3/c1-13-10(12(16)17)11(15)8-6-14-9-5-3-2-4-7(8)9/h2-6,10,13-14H,1H3,(H,16,17). The smallest absolute Gasteiger partial charge is 0.328 e. The van der Waals surface area contributed by atoms with Crippen LogP contribution in [0, 0.1) is 0 Å². The third-order valence-electron chi connectivity index (χ3n) is 2.65. The second-order valence-electron chi connectivity index (χ2n) is 3.67. The number of likely N-dealkylation sites (N-methyl/N-ethyl adjacent to an activating group) is 1. The fourth-order valence-corrected chi connectivity index (χ4v) is 1.80. The van der Waals surface area contributed by atoms with E-state index in [4.69, 9.17) is 5.11 Å². The predicted molar refractivity (Wildman–Crippen MR) is 63.1 cm³/mol. The number of carboxylic acid groups (broad SMARTS) is 1. The van der Waals surface area contributed by atoms with Crippen LogP contribution in [0.15, 0.2) is 30.5 Å². The van der Waals surface area contributed by atoms with Gasteiger partial charge in [-0.3, -0.25) is 9.59 Å². The summed E-state index contributed by atoms with van der Waals surface area (Å²) in [6.45, 7) is 0. The number of carbonyl (C=O) groups is 2. The lowest BCUT2D eigenvalue weighted by Gasteiger charge is -2.08. The van der Waals surface area contributed by atoms with Crippen molar-refractivity contribution in [1.82, 2.24) is 10.3 Å². The summed E-state index contributed by atoms with van der Waals surface area (Å²) < 4.78 is 0. The normalized spacial score (nSPS) is 12.5. The van der Waals surface area contributed by atoms with E-state index < -0.39 is 17.8 Å². The molecule has 0 radical (unpaired) electrons. The first-order valence-electron chi connectivity index (χ1n) is 5.15. The van der Waals surface area contributed by atoms with Gasteiger partial charge in [0.2, 0.25) is 0 Å². The predicted octanol–water partition coefficient (Wildman–Crippen LogP) is 1.02. The third-order valence-corrected chi connectivity index (χ3v) is 2.65. The van der Waals surface area contributed by atoms with Gasteiger partial charge in [-0.05, 0) is 13.1 Å².